The summed E-state index contributed by atoms with van der Waals surface area (Å²) >= 11 is 6.00. The van der Waals surface area contributed by atoms with Gasteiger partial charge in [-0.25, -0.2) is 4.79 Å². The van der Waals surface area contributed by atoms with Crippen molar-refractivity contribution >= 4 is 82.6 Å². The van der Waals surface area contributed by atoms with Gasteiger partial charge in [-0.15, -0.1) is 11.6 Å². The number of aliphatic hydroxyl groups excluding tert-OH is 5. The Balaban J connectivity index is 2.91. The number of hydrogen-bond acceptors (Lipinski definition) is 19. The molecule has 1 aliphatic heterocycles. The van der Waals surface area contributed by atoms with Crippen molar-refractivity contribution in [1.82, 2.24) is 47.4 Å². The fourth-order valence-corrected chi connectivity index (χ4v) is 9.19. The highest BCUT2D eigenvalue weighted by Crippen LogP contribution is 2.18. The van der Waals surface area contributed by atoms with E-state index in [9.17, 15) is 83.4 Å². The minimum absolute atomic E-state index is 0.0141. The predicted octanol–water partition coefficient (Wildman–Crippen LogP) is -5.17. The second kappa shape index (κ2) is 40.9. The number of aliphatic hydroxyl groups is 5. The van der Waals surface area contributed by atoms with Gasteiger partial charge in [-0.3, -0.25) is 57.8 Å². The first-order chi connectivity index (χ1) is 41.4. The molecule has 0 saturated carbocycles. The lowest BCUT2D eigenvalue weighted by Crippen LogP contribution is -2.66. The van der Waals surface area contributed by atoms with Gasteiger partial charge in [-0.2, -0.15) is 0 Å². The van der Waals surface area contributed by atoms with Crippen LogP contribution < -0.4 is 65.5 Å². The van der Waals surface area contributed by atoms with E-state index in [1.54, 1.807) is 30.3 Å². The summed E-state index contributed by atoms with van der Waals surface area (Å²) in [4.78, 5) is 159. The molecule has 2 rings (SSSR count). The van der Waals surface area contributed by atoms with Gasteiger partial charge in [0.25, 0.3) is 11.8 Å². The van der Waals surface area contributed by atoms with Crippen LogP contribution in [0, 0.1) is 0 Å². The molecule has 1 aliphatic rings. The highest BCUT2D eigenvalue weighted by atomic mass is 35.5. The Kier molecular flexibility index (Phi) is 35.6. The van der Waals surface area contributed by atoms with Crippen molar-refractivity contribution in [1.29, 1.82) is 0 Å². The lowest BCUT2D eigenvalue weighted by atomic mass is 10.0. The van der Waals surface area contributed by atoms with E-state index in [-0.39, 0.29) is 69.0 Å². The number of imide groups is 1. The van der Waals surface area contributed by atoms with Crippen LogP contribution in [0.1, 0.15) is 116 Å². The van der Waals surface area contributed by atoms with E-state index < -0.39 is 163 Å². The number of halogens is 1. The zero-order valence-electron chi connectivity index (χ0n) is 49.1. The van der Waals surface area contributed by atoms with E-state index in [1.807, 2.05) is 10.6 Å². The Morgan fingerprint density at radius 2 is 1.16 bits per heavy atom. The van der Waals surface area contributed by atoms with Crippen LogP contribution in [0.4, 0.5) is 0 Å². The van der Waals surface area contributed by atoms with E-state index in [0.29, 0.717) is 18.4 Å². The van der Waals surface area contributed by atoms with Crippen LogP contribution in [0.2, 0.25) is 0 Å². The minimum atomic E-state index is -2.89. The maximum Gasteiger partial charge on any atom is 0.335 e. The maximum atomic E-state index is 14.8. The van der Waals surface area contributed by atoms with Crippen molar-refractivity contribution in [3.8, 4) is 0 Å². The second-order valence-electron chi connectivity index (χ2n) is 20.7. The molecule has 3 unspecified atom stereocenters. The Hall–Kier alpha value is -7.39. The molecule has 11 atom stereocenters. The van der Waals surface area contributed by atoms with E-state index in [4.69, 9.17) is 34.5 Å². The summed E-state index contributed by atoms with van der Waals surface area (Å²) in [7, 11) is 0. The number of allylic oxidation sites excluding steroid dienone is 1. The van der Waals surface area contributed by atoms with Crippen LogP contribution in [0.5, 0.6) is 0 Å². The number of carboxylic acid groups (broad SMARTS) is 1. The molecule has 488 valence electrons. The molecule has 1 heterocycles. The Morgan fingerprint density at radius 3 is 1.66 bits per heavy atom. The van der Waals surface area contributed by atoms with Gasteiger partial charge in [0, 0.05) is 13.0 Å². The summed E-state index contributed by atoms with van der Waals surface area (Å²) in [5, 5.41) is 82.6. The molecule has 1 aromatic rings. The summed E-state index contributed by atoms with van der Waals surface area (Å²) in [6, 6.07) is -8.00. The van der Waals surface area contributed by atoms with Crippen molar-refractivity contribution in [3.63, 3.8) is 0 Å². The number of benzene rings is 1. The SMILES string of the molecule is C/C=C1\NC(=O)[C@H](Cc2ccccc2)NC(=O)[C@H](CCCN=C(N)N)NC(=O)[C@@H](CCN)NC(=O)[C@H](CCN)NC(=O)[C@@H](CO)NC(=O)[C@H](CO)N(C(=O)CC(O)CCCCCCCCCCC)C(=O)[C@H](C(O)CCl)NC(=O)[C@H](C(O)C(=O)O)NC1=O. The third-order valence-electron chi connectivity index (χ3n) is 13.9. The van der Waals surface area contributed by atoms with E-state index in [0.717, 1.165) is 51.0 Å². The number of carbonyl (C=O) groups is 11. The lowest BCUT2D eigenvalue weighted by Gasteiger charge is -2.34. The standard InChI is InChI=1S/C55H89ClN14O17/c1-3-5-6-7-8-9-10-11-15-19-32(73)27-41(75)70-39(30-72)51(83)67-38(29-71)50(82)65-36(22-24-58)48(80)64-35(21-23-57)47(79)63-34(20-16-25-61-55(59)60)46(78)66-37(26-31-17-13-12-14-18-31)49(81)62-33(4-2)45(77)69-43(44(76)54(86)87)52(84)68-42(53(70)85)40(74)28-56/h4,12-14,17-18,32,34-40,42-44,71-74,76H,3,5-11,15-16,19-30,57-58H2,1-2H3,(H,62,81)(H,63,79)(H,64,80)(H,65,82)(H,66,78)(H,67,83)(H,68,84)(H,69,77)(H,86,87)(H4,59,60,61)/b33-4-/t32?,34-,35+,36-,37-,38+,39-,40?,42-,43-,44?/m0/s1. The van der Waals surface area contributed by atoms with E-state index in [1.165, 1.54) is 6.92 Å². The van der Waals surface area contributed by atoms with Gasteiger partial charge in [0.1, 0.15) is 54.0 Å². The predicted molar refractivity (Wildman–Crippen MR) is 315 cm³/mol. The first kappa shape index (κ1) is 75.7. The van der Waals surface area contributed by atoms with Crippen LogP contribution in [-0.4, -0.2) is 212 Å². The Morgan fingerprint density at radius 1 is 0.644 bits per heavy atom. The molecule has 0 spiro atoms. The highest BCUT2D eigenvalue weighted by molar-refractivity contribution is 6.18. The molecule has 1 saturated heterocycles. The van der Waals surface area contributed by atoms with Gasteiger partial charge < -0.3 is 96.1 Å². The number of amides is 10. The minimum Gasteiger partial charge on any atom is -0.479 e. The van der Waals surface area contributed by atoms with Crippen molar-refractivity contribution in [2.24, 2.45) is 27.9 Å². The van der Waals surface area contributed by atoms with Gasteiger partial charge in [0.15, 0.2) is 12.1 Å². The number of hydrogen-bond donors (Lipinski definition) is 18. The number of carboxylic acids is 1. The van der Waals surface area contributed by atoms with Crippen molar-refractivity contribution in [2.45, 2.75) is 183 Å². The molecule has 32 heteroatoms. The van der Waals surface area contributed by atoms with Crippen LogP contribution in [0.15, 0.2) is 47.1 Å². The van der Waals surface area contributed by atoms with Gasteiger partial charge in [-0.1, -0.05) is 101 Å². The number of unbranched alkanes of at least 4 members (excludes halogenated alkanes) is 8. The number of guanidine groups is 1. The average molecular weight is 1250 g/mol. The summed E-state index contributed by atoms with van der Waals surface area (Å²) in [6.07, 6.45) is 0.311. The van der Waals surface area contributed by atoms with E-state index >= 15 is 0 Å². The van der Waals surface area contributed by atoms with Crippen LogP contribution in [-0.2, 0) is 59.2 Å². The fraction of sp³-hybridized carbons (Fsp3) is 0.636. The van der Waals surface area contributed by atoms with Crippen LogP contribution in [0.3, 0.4) is 0 Å². The molecule has 22 N–H and O–H groups in total. The Labute approximate surface area is 509 Å². The number of nitrogens with one attached hydrogen (secondary N) is 8. The number of aliphatic carboxylic acids is 1. The number of nitrogens with zero attached hydrogens (tertiary/aromatic N) is 2. The molecule has 31 nitrogen and oxygen atoms in total. The summed E-state index contributed by atoms with van der Waals surface area (Å²) < 4.78 is 0. The van der Waals surface area contributed by atoms with Gasteiger partial charge in [0.2, 0.25) is 47.3 Å². The van der Waals surface area contributed by atoms with Crippen molar-refractivity contribution in [3.05, 3.63) is 47.7 Å². The number of nitrogens with two attached hydrogens (primary N) is 4. The Bertz CT molecular complexity index is 2490. The average Bonchev–Trinajstić information content (AvgIpc) is 2.30. The van der Waals surface area contributed by atoms with Crippen LogP contribution >= 0.6 is 11.6 Å². The zero-order chi connectivity index (χ0) is 65.2. The molecule has 87 heavy (non-hydrogen) atoms. The third kappa shape index (κ3) is 26.2. The summed E-state index contributed by atoms with van der Waals surface area (Å²) in [5.74, 6) is -16.9. The van der Waals surface area contributed by atoms with Crippen LogP contribution in [0.25, 0.3) is 0 Å². The molecule has 0 radical (unpaired) electrons. The first-order valence-corrected chi connectivity index (χ1v) is 29.5. The van der Waals surface area contributed by atoms with Gasteiger partial charge in [-0.05, 0) is 57.7 Å². The molecular weight excluding hydrogens is 1160 g/mol. The highest BCUT2D eigenvalue weighted by Gasteiger charge is 2.45. The van der Waals surface area contributed by atoms with Crippen molar-refractivity contribution < 1.29 is 83.4 Å². The molecular formula is C55H89ClN14O17. The topological polar surface area (TPSA) is 525 Å². The summed E-state index contributed by atoms with van der Waals surface area (Å²) in [6.45, 7) is -0.0360. The van der Waals surface area contributed by atoms with Gasteiger partial charge >= 0.3 is 5.97 Å². The fourth-order valence-electron chi connectivity index (χ4n) is 9.01. The first-order valence-electron chi connectivity index (χ1n) is 28.9. The second-order valence-corrected chi connectivity index (χ2v) is 21.0. The maximum absolute atomic E-state index is 14.8. The largest absolute Gasteiger partial charge is 0.479 e. The quantitative estimate of drug-likeness (QED) is 0.0123. The smallest absolute Gasteiger partial charge is 0.335 e. The van der Waals surface area contributed by atoms with Gasteiger partial charge in [0.05, 0.1) is 37.7 Å². The lowest BCUT2D eigenvalue weighted by molar-refractivity contribution is -0.158. The normalized spacial score (nSPS) is 23.5. The molecule has 0 aromatic heterocycles. The molecule has 1 fully saturated rings. The molecule has 10 amide bonds. The molecule has 0 aliphatic carbocycles. The molecule has 1 aromatic carbocycles. The molecule has 0 bridgehead atoms. The number of alkyl halides is 1. The third-order valence-corrected chi connectivity index (χ3v) is 14.2. The van der Waals surface area contributed by atoms with Crippen molar-refractivity contribution in [2.75, 3.05) is 38.7 Å². The van der Waals surface area contributed by atoms with E-state index in [2.05, 4.69) is 43.8 Å². The number of aliphatic imine (C=N–C) groups is 1. The summed E-state index contributed by atoms with van der Waals surface area (Å²) in [5.41, 5.74) is 22.4. The number of rotatable bonds is 28. The zero-order valence-corrected chi connectivity index (χ0v) is 49.9. The number of carbonyl (C=O) groups excluding carboxylic acids is 10. The monoisotopic (exact) mass is 1250 g/mol.